The van der Waals surface area contributed by atoms with Crippen LogP contribution in [0.5, 0.6) is 0 Å². The molecule has 32 heavy (non-hydrogen) atoms. The lowest BCUT2D eigenvalue weighted by molar-refractivity contribution is 0.0438. The molecule has 0 atom stereocenters. The van der Waals surface area contributed by atoms with Crippen LogP contribution in [-0.4, -0.2) is 28.5 Å². The number of furan rings is 1. The molecule has 0 unspecified atom stereocenters. The predicted octanol–water partition coefficient (Wildman–Crippen LogP) is 4.17. The molecule has 3 aromatic carbocycles. The first-order valence-electron chi connectivity index (χ1n) is 9.81. The summed E-state index contributed by atoms with van der Waals surface area (Å²) in [4.78, 5) is 14.4. The molecular formula is C24H22N2O5S. The van der Waals surface area contributed by atoms with Crippen LogP contribution in [0.4, 0.5) is 5.69 Å². The first-order valence-corrected chi connectivity index (χ1v) is 11.4. The van der Waals surface area contributed by atoms with Crippen molar-refractivity contribution >= 4 is 32.6 Å². The van der Waals surface area contributed by atoms with Crippen LogP contribution in [0.15, 0.2) is 82.1 Å². The summed E-state index contributed by atoms with van der Waals surface area (Å²) in [7, 11) is 0.0123. The van der Waals surface area contributed by atoms with E-state index in [1.165, 1.54) is 6.07 Å². The lowest BCUT2D eigenvalue weighted by Crippen LogP contribution is -2.13. The van der Waals surface area contributed by atoms with Crippen molar-refractivity contribution < 1.29 is 22.4 Å². The van der Waals surface area contributed by atoms with E-state index in [0.29, 0.717) is 16.7 Å². The fourth-order valence-electron chi connectivity index (χ4n) is 3.35. The number of esters is 1. The molecule has 0 spiro atoms. The van der Waals surface area contributed by atoms with Crippen LogP contribution >= 0.6 is 0 Å². The molecule has 0 amide bonds. The SMILES string of the molecule is CN(C)c1ccc2cc(C(=O)OCc3ccc(-c4ccccc4S(N)(=O)=O)cc3)oc2c1. The fourth-order valence-corrected chi connectivity index (χ4v) is 4.11. The van der Waals surface area contributed by atoms with E-state index in [0.717, 1.165) is 16.6 Å². The van der Waals surface area contributed by atoms with E-state index in [1.54, 1.807) is 48.5 Å². The van der Waals surface area contributed by atoms with Crippen molar-refractivity contribution in [3.63, 3.8) is 0 Å². The third-order valence-electron chi connectivity index (χ3n) is 5.05. The summed E-state index contributed by atoms with van der Waals surface area (Å²) in [6, 6.07) is 20.9. The lowest BCUT2D eigenvalue weighted by atomic mass is 10.0. The molecule has 2 N–H and O–H groups in total. The Morgan fingerprint density at radius 1 is 1.00 bits per heavy atom. The highest BCUT2D eigenvalue weighted by Gasteiger charge is 2.16. The van der Waals surface area contributed by atoms with E-state index in [9.17, 15) is 13.2 Å². The third kappa shape index (κ3) is 4.51. The zero-order valence-corrected chi connectivity index (χ0v) is 18.4. The molecule has 1 heterocycles. The largest absolute Gasteiger partial charge is 0.455 e. The van der Waals surface area contributed by atoms with E-state index in [-0.39, 0.29) is 17.3 Å². The summed E-state index contributed by atoms with van der Waals surface area (Å²) < 4.78 is 34.7. The van der Waals surface area contributed by atoms with E-state index < -0.39 is 16.0 Å². The number of ether oxygens (including phenoxy) is 1. The van der Waals surface area contributed by atoms with Gasteiger partial charge >= 0.3 is 5.97 Å². The Kier molecular flexibility index (Phi) is 5.73. The summed E-state index contributed by atoms with van der Waals surface area (Å²) in [6.07, 6.45) is 0. The van der Waals surface area contributed by atoms with Crippen LogP contribution in [0.2, 0.25) is 0 Å². The second-order valence-electron chi connectivity index (χ2n) is 7.54. The normalized spacial score (nSPS) is 11.5. The lowest BCUT2D eigenvalue weighted by Gasteiger charge is -2.11. The maximum atomic E-state index is 12.4. The molecule has 0 saturated heterocycles. The Labute approximate surface area is 186 Å². The Hall–Kier alpha value is -3.62. The van der Waals surface area contributed by atoms with Crippen molar-refractivity contribution in [3.8, 4) is 11.1 Å². The van der Waals surface area contributed by atoms with E-state index in [2.05, 4.69) is 0 Å². The number of anilines is 1. The van der Waals surface area contributed by atoms with Crippen molar-refractivity contribution in [1.82, 2.24) is 0 Å². The minimum absolute atomic E-state index is 0.0515. The number of carbonyl (C=O) groups is 1. The molecule has 0 saturated carbocycles. The molecule has 0 bridgehead atoms. The topological polar surface area (TPSA) is 103 Å². The van der Waals surface area contributed by atoms with Crippen LogP contribution in [0, 0.1) is 0 Å². The van der Waals surface area contributed by atoms with Gasteiger partial charge in [-0.05, 0) is 35.4 Å². The molecule has 0 fully saturated rings. The Balaban J connectivity index is 1.47. The van der Waals surface area contributed by atoms with Crippen molar-refractivity contribution in [2.24, 2.45) is 5.14 Å². The first kappa shape index (κ1) is 21.6. The predicted molar refractivity (Wildman–Crippen MR) is 123 cm³/mol. The van der Waals surface area contributed by atoms with Crippen LogP contribution in [0.3, 0.4) is 0 Å². The molecule has 0 aliphatic heterocycles. The van der Waals surface area contributed by atoms with E-state index in [1.807, 2.05) is 37.2 Å². The van der Waals surface area contributed by atoms with Gasteiger partial charge in [-0.25, -0.2) is 18.4 Å². The van der Waals surface area contributed by atoms with E-state index in [4.69, 9.17) is 14.3 Å². The van der Waals surface area contributed by atoms with Gasteiger partial charge in [-0.15, -0.1) is 0 Å². The van der Waals surface area contributed by atoms with Crippen LogP contribution < -0.4 is 10.0 Å². The maximum Gasteiger partial charge on any atom is 0.374 e. The minimum atomic E-state index is -3.85. The number of nitrogens with zero attached hydrogens (tertiary/aromatic N) is 1. The quantitative estimate of drug-likeness (QED) is 0.442. The highest BCUT2D eigenvalue weighted by molar-refractivity contribution is 7.89. The maximum absolute atomic E-state index is 12.4. The van der Waals surface area contributed by atoms with Gasteiger partial charge in [0.2, 0.25) is 15.8 Å². The number of nitrogens with two attached hydrogens (primary N) is 1. The number of primary sulfonamides is 1. The summed E-state index contributed by atoms with van der Waals surface area (Å²) >= 11 is 0. The number of hydrogen-bond acceptors (Lipinski definition) is 6. The second-order valence-corrected chi connectivity index (χ2v) is 9.07. The molecule has 0 aliphatic rings. The molecule has 7 nitrogen and oxygen atoms in total. The van der Waals surface area contributed by atoms with Gasteiger partial charge in [-0.2, -0.15) is 0 Å². The first-order chi connectivity index (χ1) is 15.2. The van der Waals surface area contributed by atoms with Gasteiger partial charge in [0.1, 0.15) is 12.2 Å². The van der Waals surface area contributed by atoms with Crippen LogP contribution in [0.1, 0.15) is 16.1 Å². The third-order valence-corrected chi connectivity index (χ3v) is 6.02. The number of benzene rings is 3. The standard InChI is InChI=1S/C24H22N2O5S/c1-26(2)19-12-11-18-13-22(31-21(18)14-19)24(27)30-15-16-7-9-17(10-8-16)20-5-3-4-6-23(20)32(25,28)29/h3-14H,15H2,1-2H3,(H2,25,28,29). The second kappa shape index (κ2) is 8.49. The van der Waals surface area contributed by atoms with Crippen LogP contribution in [-0.2, 0) is 21.4 Å². The molecule has 164 valence electrons. The molecule has 0 radical (unpaired) electrons. The van der Waals surface area contributed by atoms with Gasteiger partial charge in [0, 0.05) is 36.8 Å². The Morgan fingerprint density at radius 3 is 2.41 bits per heavy atom. The molecule has 4 rings (SSSR count). The summed E-state index contributed by atoms with van der Waals surface area (Å²) in [5.41, 5.74) is 3.54. The monoisotopic (exact) mass is 450 g/mol. The number of carbonyl (C=O) groups excluding carboxylic acids is 1. The summed E-state index contributed by atoms with van der Waals surface area (Å²) in [5, 5.41) is 6.14. The van der Waals surface area contributed by atoms with Crippen LogP contribution in [0.25, 0.3) is 22.1 Å². The van der Waals surface area contributed by atoms with Crippen molar-refractivity contribution in [1.29, 1.82) is 0 Å². The average Bonchev–Trinajstić information content (AvgIpc) is 3.21. The highest BCUT2D eigenvalue weighted by Crippen LogP contribution is 2.27. The van der Waals surface area contributed by atoms with Crippen molar-refractivity contribution in [3.05, 3.63) is 84.1 Å². The summed E-state index contributed by atoms with van der Waals surface area (Å²) in [5.74, 6) is -0.425. The molecule has 1 aromatic heterocycles. The van der Waals surface area contributed by atoms with Gasteiger partial charge in [0.25, 0.3) is 0 Å². The highest BCUT2D eigenvalue weighted by atomic mass is 32.2. The molecule has 8 heteroatoms. The average molecular weight is 451 g/mol. The fraction of sp³-hybridized carbons (Fsp3) is 0.125. The van der Waals surface area contributed by atoms with Gasteiger partial charge in [-0.3, -0.25) is 0 Å². The van der Waals surface area contributed by atoms with Gasteiger partial charge in [-0.1, -0.05) is 42.5 Å². The zero-order chi connectivity index (χ0) is 22.9. The van der Waals surface area contributed by atoms with Gasteiger partial charge in [0.15, 0.2) is 0 Å². The van der Waals surface area contributed by atoms with E-state index >= 15 is 0 Å². The number of fused-ring (bicyclic) bond motifs is 1. The van der Waals surface area contributed by atoms with Crippen molar-refractivity contribution in [2.45, 2.75) is 11.5 Å². The molecular weight excluding hydrogens is 428 g/mol. The molecule has 4 aromatic rings. The molecule has 0 aliphatic carbocycles. The van der Waals surface area contributed by atoms with Crippen molar-refractivity contribution in [2.75, 3.05) is 19.0 Å². The van der Waals surface area contributed by atoms with Gasteiger partial charge < -0.3 is 14.1 Å². The number of rotatable bonds is 6. The Bertz CT molecular complexity index is 1390. The zero-order valence-electron chi connectivity index (χ0n) is 17.6. The minimum Gasteiger partial charge on any atom is -0.455 e. The van der Waals surface area contributed by atoms with Gasteiger partial charge in [0.05, 0.1) is 4.90 Å². The Morgan fingerprint density at radius 2 is 1.72 bits per heavy atom. The summed E-state index contributed by atoms with van der Waals surface area (Å²) in [6.45, 7) is 0.0515. The number of sulfonamides is 1. The smallest absolute Gasteiger partial charge is 0.374 e. The number of hydrogen-bond donors (Lipinski definition) is 1.